The Hall–Kier alpha value is -2.16. The van der Waals surface area contributed by atoms with Gasteiger partial charge in [-0.15, -0.1) is 11.3 Å². The van der Waals surface area contributed by atoms with E-state index in [4.69, 9.17) is 0 Å². The van der Waals surface area contributed by atoms with Gasteiger partial charge in [-0.3, -0.25) is 19.7 Å². The molecule has 1 aliphatic rings. The molecular weight excluding hydrogens is 414 g/mol. The third-order valence-corrected chi connectivity index (χ3v) is 7.33. The number of likely N-dealkylation sites (tertiary alicyclic amines) is 1. The van der Waals surface area contributed by atoms with Gasteiger partial charge in [0.1, 0.15) is 0 Å². The van der Waals surface area contributed by atoms with Crippen molar-refractivity contribution in [1.82, 2.24) is 19.9 Å². The number of H-pyrrole nitrogens is 1. The lowest BCUT2D eigenvalue weighted by molar-refractivity contribution is 0.334. The second kappa shape index (κ2) is 10.7. The molecule has 0 aromatic carbocycles. The summed E-state index contributed by atoms with van der Waals surface area (Å²) in [7, 11) is 0. The zero-order valence-corrected chi connectivity index (χ0v) is 18.6. The highest BCUT2D eigenvalue weighted by Gasteiger charge is 2.12. The minimum absolute atomic E-state index is 0.104. The van der Waals surface area contributed by atoms with Gasteiger partial charge in [0.05, 0.1) is 0 Å². The van der Waals surface area contributed by atoms with Crippen molar-refractivity contribution in [3.05, 3.63) is 74.1 Å². The van der Waals surface area contributed by atoms with Crippen LogP contribution in [0.2, 0.25) is 0 Å². The molecule has 3 aromatic rings. The number of nitrogens with one attached hydrogen (secondary N) is 2. The lowest BCUT2D eigenvalue weighted by Crippen LogP contribution is -2.18. The molecule has 8 heteroatoms. The number of aromatic nitrogens is 3. The van der Waals surface area contributed by atoms with E-state index in [1.54, 1.807) is 18.6 Å². The minimum atomic E-state index is -0.104. The lowest BCUT2D eigenvalue weighted by atomic mass is 10.1. The van der Waals surface area contributed by atoms with Gasteiger partial charge in [-0.1, -0.05) is 6.07 Å². The summed E-state index contributed by atoms with van der Waals surface area (Å²) in [6, 6.07) is 8.36. The number of thioether (sulfide) groups is 1. The van der Waals surface area contributed by atoms with Gasteiger partial charge < -0.3 is 5.32 Å². The number of thiophene rings is 1. The smallest absolute Gasteiger partial charge is 0.255 e. The first-order valence-electron chi connectivity index (χ1n) is 10.3. The molecule has 4 heterocycles. The minimum Gasteiger partial charge on any atom is -0.355 e. The summed E-state index contributed by atoms with van der Waals surface area (Å²) in [5.41, 5.74) is 1.54. The van der Waals surface area contributed by atoms with Crippen LogP contribution in [0.5, 0.6) is 0 Å². The Balaban J connectivity index is 1.17. The molecular formula is C22H27N5OS2. The topological polar surface area (TPSA) is 73.9 Å². The van der Waals surface area contributed by atoms with Gasteiger partial charge in [0.15, 0.2) is 0 Å². The van der Waals surface area contributed by atoms with Crippen LogP contribution in [-0.4, -0.2) is 45.2 Å². The lowest BCUT2D eigenvalue weighted by Gasteiger charge is -2.12. The van der Waals surface area contributed by atoms with Crippen molar-refractivity contribution in [2.45, 2.75) is 31.6 Å². The van der Waals surface area contributed by atoms with Gasteiger partial charge in [0, 0.05) is 64.9 Å². The van der Waals surface area contributed by atoms with Crippen LogP contribution in [0.15, 0.2) is 47.7 Å². The SMILES string of the molecule is O=c1[nH]c(NCCSCc2ccc(CN3CCCC3)s2)ncc1Cc1cccnc1. The highest BCUT2D eigenvalue weighted by molar-refractivity contribution is 7.98. The van der Waals surface area contributed by atoms with Gasteiger partial charge >= 0.3 is 0 Å². The summed E-state index contributed by atoms with van der Waals surface area (Å²) in [4.78, 5) is 29.0. The van der Waals surface area contributed by atoms with Crippen molar-refractivity contribution >= 4 is 29.0 Å². The molecule has 4 rings (SSSR count). The number of pyridine rings is 1. The maximum absolute atomic E-state index is 12.3. The Kier molecular flexibility index (Phi) is 7.55. The van der Waals surface area contributed by atoms with Gasteiger partial charge in [0.2, 0.25) is 5.95 Å². The first-order valence-corrected chi connectivity index (χ1v) is 12.3. The molecule has 0 spiro atoms. The molecule has 30 heavy (non-hydrogen) atoms. The molecule has 0 radical (unpaired) electrons. The van der Waals surface area contributed by atoms with E-state index in [9.17, 15) is 4.79 Å². The fraction of sp³-hybridized carbons (Fsp3) is 0.409. The first kappa shape index (κ1) is 21.1. The molecule has 2 N–H and O–H groups in total. The zero-order valence-electron chi connectivity index (χ0n) is 17.0. The molecule has 0 saturated carbocycles. The third kappa shape index (κ3) is 6.17. The second-order valence-electron chi connectivity index (χ2n) is 7.45. The number of anilines is 1. The first-order chi connectivity index (χ1) is 14.8. The summed E-state index contributed by atoms with van der Waals surface area (Å²) in [5, 5.41) is 3.21. The normalized spacial score (nSPS) is 14.3. The summed E-state index contributed by atoms with van der Waals surface area (Å²) in [5.74, 6) is 2.51. The highest BCUT2D eigenvalue weighted by Crippen LogP contribution is 2.24. The number of rotatable bonds is 10. The molecule has 1 fully saturated rings. The molecule has 0 aliphatic carbocycles. The van der Waals surface area contributed by atoms with E-state index in [0.29, 0.717) is 17.9 Å². The van der Waals surface area contributed by atoms with Gasteiger partial charge in [-0.25, -0.2) is 4.98 Å². The van der Waals surface area contributed by atoms with Crippen molar-refractivity contribution < 1.29 is 0 Å². The van der Waals surface area contributed by atoms with Crippen LogP contribution in [0.1, 0.15) is 33.7 Å². The van der Waals surface area contributed by atoms with Crippen LogP contribution < -0.4 is 10.9 Å². The number of nitrogens with zero attached hydrogens (tertiary/aromatic N) is 3. The molecule has 1 saturated heterocycles. The van der Waals surface area contributed by atoms with E-state index < -0.39 is 0 Å². The zero-order chi connectivity index (χ0) is 20.6. The fourth-order valence-corrected chi connectivity index (χ4v) is 5.55. The van der Waals surface area contributed by atoms with Crippen molar-refractivity contribution in [1.29, 1.82) is 0 Å². The van der Waals surface area contributed by atoms with E-state index in [2.05, 4.69) is 37.3 Å². The quantitative estimate of drug-likeness (QED) is 0.467. The van der Waals surface area contributed by atoms with Gasteiger partial charge in [-0.2, -0.15) is 11.8 Å². The number of aromatic amines is 1. The standard InChI is InChI=1S/C22H27N5OS2/c28-21-18(12-17-4-3-7-23-13-17)14-25-22(26-21)24-8-11-29-16-20-6-5-19(30-20)15-27-9-1-2-10-27/h3-7,13-14H,1-2,8-12,15-16H2,(H2,24,25,26,28). The predicted octanol–water partition coefficient (Wildman–Crippen LogP) is 3.76. The third-order valence-electron chi connectivity index (χ3n) is 5.07. The summed E-state index contributed by atoms with van der Waals surface area (Å²) in [6.07, 6.45) is 8.36. The second-order valence-corrected chi connectivity index (χ2v) is 9.81. The Morgan fingerprint density at radius 3 is 2.83 bits per heavy atom. The monoisotopic (exact) mass is 441 g/mol. The van der Waals surface area contributed by atoms with Crippen LogP contribution in [0.4, 0.5) is 5.95 Å². The molecule has 0 unspecified atom stereocenters. The van der Waals surface area contributed by atoms with Gasteiger partial charge in [0.25, 0.3) is 5.56 Å². The van der Waals surface area contributed by atoms with E-state index in [1.165, 1.54) is 35.7 Å². The Labute approximate surface area is 185 Å². The molecule has 6 nitrogen and oxygen atoms in total. The summed E-state index contributed by atoms with van der Waals surface area (Å²) >= 11 is 3.83. The molecule has 3 aromatic heterocycles. The maximum Gasteiger partial charge on any atom is 0.255 e. The maximum atomic E-state index is 12.3. The van der Waals surface area contributed by atoms with Crippen LogP contribution >= 0.6 is 23.1 Å². The van der Waals surface area contributed by atoms with Crippen molar-refractivity contribution in [3.8, 4) is 0 Å². The van der Waals surface area contributed by atoms with E-state index in [1.807, 2.05) is 35.2 Å². The Morgan fingerprint density at radius 1 is 1.17 bits per heavy atom. The summed E-state index contributed by atoms with van der Waals surface area (Å²) < 4.78 is 0. The number of hydrogen-bond donors (Lipinski definition) is 2. The molecule has 0 amide bonds. The fourth-order valence-electron chi connectivity index (χ4n) is 3.52. The predicted molar refractivity (Wildman–Crippen MR) is 125 cm³/mol. The van der Waals surface area contributed by atoms with Crippen LogP contribution in [0, 0.1) is 0 Å². The highest BCUT2D eigenvalue weighted by atomic mass is 32.2. The van der Waals surface area contributed by atoms with Crippen LogP contribution in [0.25, 0.3) is 0 Å². The average molecular weight is 442 g/mol. The summed E-state index contributed by atoms with van der Waals surface area (Å²) in [6.45, 7) is 4.36. The molecule has 158 valence electrons. The largest absolute Gasteiger partial charge is 0.355 e. The van der Waals surface area contributed by atoms with Gasteiger partial charge in [-0.05, 0) is 49.7 Å². The van der Waals surface area contributed by atoms with Crippen molar-refractivity contribution in [2.24, 2.45) is 0 Å². The Morgan fingerprint density at radius 2 is 2.03 bits per heavy atom. The van der Waals surface area contributed by atoms with Crippen LogP contribution in [0.3, 0.4) is 0 Å². The average Bonchev–Trinajstić information content (AvgIpc) is 3.43. The van der Waals surface area contributed by atoms with Crippen LogP contribution in [-0.2, 0) is 18.7 Å². The van der Waals surface area contributed by atoms with E-state index in [0.717, 1.165) is 30.2 Å². The molecule has 1 aliphatic heterocycles. The Bertz CT molecular complexity index is 982. The van der Waals surface area contributed by atoms with E-state index in [-0.39, 0.29) is 5.56 Å². The van der Waals surface area contributed by atoms with Crippen molar-refractivity contribution in [2.75, 3.05) is 30.7 Å². The molecule has 0 bridgehead atoms. The molecule has 0 atom stereocenters. The van der Waals surface area contributed by atoms with E-state index >= 15 is 0 Å². The van der Waals surface area contributed by atoms with Crippen molar-refractivity contribution in [3.63, 3.8) is 0 Å². The number of hydrogen-bond acceptors (Lipinski definition) is 7.